The van der Waals surface area contributed by atoms with Crippen molar-refractivity contribution < 1.29 is 14.3 Å². The van der Waals surface area contributed by atoms with E-state index < -0.39 is 6.10 Å². The molecular weight excluding hydrogens is 350 g/mol. The van der Waals surface area contributed by atoms with Crippen LogP contribution in [-0.4, -0.2) is 18.1 Å². The third kappa shape index (κ3) is 6.59. The van der Waals surface area contributed by atoms with Crippen LogP contribution in [0.3, 0.4) is 0 Å². The number of rotatable bonds is 8. The molecular formula is C24H33NO3. The third-order valence-corrected chi connectivity index (χ3v) is 4.40. The summed E-state index contributed by atoms with van der Waals surface area (Å²) in [6.45, 7) is 12.9. The molecule has 0 fully saturated rings. The largest absolute Gasteiger partial charge is 0.491 e. The van der Waals surface area contributed by atoms with Crippen molar-refractivity contribution in [3.8, 4) is 11.5 Å². The second kappa shape index (κ2) is 9.63. The summed E-state index contributed by atoms with van der Waals surface area (Å²) in [5.41, 5.74) is 2.32. The molecule has 0 aliphatic heterocycles. The summed E-state index contributed by atoms with van der Waals surface area (Å²) in [4.78, 5) is 12.6. The normalized spacial score (nSPS) is 12.5. The van der Waals surface area contributed by atoms with Crippen LogP contribution < -0.4 is 14.8 Å². The fourth-order valence-corrected chi connectivity index (χ4v) is 2.82. The van der Waals surface area contributed by atoms with Crippen molar-refractivity contribution >= 4 is 5.91 Å². The zero-order chi connectivity index (χ0) is 20.7. The molecule has 28 heavy (non-hydrogen) atoms. The lowest BCUT2D eigenvalue weighted by Crippen LogP contribution is -2.37. The average molecular weight is 384 g/mol. The Morgan fingerprint density at radius 3 is 2.25 bits per heavy atom. The highest BCUT2D eigenvalue weighted by atomic mass is 16.5. The molecule has 2 rings (SSSR count). The predicted octanol–water partition coefficient (Wildman–Crippen LogP) is 5.25. The Morgan fingerprint density at radius 1 is 1.00 bits per heavy atom. The standard InChI is InChI=1S/C24H33NO3/c1-7-22(28-20-13-11-19(12-14-20)24(4,5)6)23(26)25-16-18-9-8-10-21(15-18)27-17(2)3/h8-15,17,22H,7,16H2,1-6H3,(H,25,26). The third-order valence-electron chi connectivity index (χ3n) is 4.40. The highest BCUT2D eigenvalue weighted by molar-refractivity contribution is 5.81. The van der Waals surface area contributed by atoms with E-state index in [0.717, 1.165) is 11.3 Å². The summed E-state index contributed by atoms with van der Waals surface area (Å²) in [6, 6.07) is 15.8. The number of carbonyl (C=O) groups excluding carboxylic acids is 1. The maximum Gasteiger partial charge on any atom is 0.261 e. The topological polar surface area (TPSA) is 47.6 Å². The van der Waals surface area contributed by atoms with Crippen LogP contribution in [0.25, 0.3) is 0 Å². The van der Waals surface area contributed by atoms with Crippen molar-refractivity contribution in [2.45, 2.75) is 72.1 Å². The fourth-order valence-electron chi connectivity index (χ4n) is 2.82. The smallest absolute Gasteiger partial charge is 0.261 e. The van der Waals surface area contributed by atoms with Crippen LogP contribution in [-0.2, 0) is 16.8 Å². The number of benzene rings is 2. The van der Waals surface area contributed by atoms with Crippen molar-refractivity contribution in [1.82, 2.24) is 5.32 Å². The van der Waals surface area contributed by atoms with E-state index in [-0.39, 0.29) is 17.4 Å². The number of ether oxygens (including phenoxy) is 2. The first-order valence-corrected chi connectivity index (χ1v) is 9.99. The van der Waals surface area contributed by atoms with E-state index in [1.54, 1.807) is 0 Å². The molecule has 0 heterocycles. The Bertz CT molecular complexity index is 760. The molecule has 0 saturated heterocycles. The molecule has 0 spiro atoms. The summed E-state index contributed by atoms with van der Waals surface area (Å²) in [7, 11) is 0. The molecule has 0 bridgehead atoms. The Hall–Kier alpha value is -2.49. The summed E-state index contributed by atoms with van der Waals surface area (Å²) in [5, 5.41) is 2.97. The van der Waals surface area contributed by atoms with E-state index in [1.807, 2.05) is 57.2 Å². The van der Waals surface area contributed by atoms with Gasteiger partial charge in [0.1, 0.15) is 11.5 Å². The molecule has 1 amide bonds. The maximum absolute atomic E-state index is 12.6. The van der Waals surface area contributed by atoms with Gasteiger partial charge in [-0.1, -0.05) is 52.0 Å². The van der Waals surface area contributed by atoms with Crippen LogP contribution in [0, 0.1) is 0 Å². The molecule has 1 N–H and O–H groups in total. The van der Waals surface area contributed by atoms with Crippen molar-refractivity contribution in [3.63, 3.8) is 0 Å². The van der Waals surface area contributed by atoms with Gasteiger partial charge in [-0.3, -0.25) is 4.79 Å². The first-order valence-electron chi connectivity index (χ1n) is 9.99. The SMILES string of the molecule is CCC(Oc1ccc(C(C)(C)C)cc1)C(=O)NCc1cccc(OC(C)C)c1. The van der Waals surface area contributed by atoms with Crippen molar-refractivity contribution in [2.24, 2.45) is 0 Å². The van der Waals surface area contributed by atoms with Crippen molar-refractivity contribution in [2.75, 3.05) is 0 Å². The summed E-state index contributed by atoms with van der Waals surface area (Å²) in [5.74, 6) is 1.41. The second-order valence-electron chi connectivity index (χ2n) is 8.32. The molecule has 1 atom stereocenters. The molecule has 2 aromatic carbocycles. The van der Waals surface area contributed by atoms with Crippen LogP contribution in [0.15, 0.2) is 48.5 Å². The van der Waals surface area contributed by atoms with Gasteiger partial charge in [-0.15, -0.1) is 0 Å². The number of hydrogen-bond donors (Lipinski definition) is 1. The van der Waals surface area contributed by atoms with E-state index in [9.17, 15) is 4.79 Å². The van der Waals surface area contributed by atoms with Gasteiger partial charge in [-0.2, -0.15) is 0 Å². The summed E-state index contributed by atoms with van der Waals surface area (Å²) >= 11 is 0. The van der Waals surface area contributed by atoms with Crippen LogP contribution in [0.2, 0.25) is 0 Å². The van der Waals surface area contributed by atoms with Crippen LogP contribution in [0.5, 0.6) is 11.5 Å². The van der Waals surface area contributed by atoms with E-state index in [1.165, 1.54) is 5.56 Å². The van der Waals surface area contributed by atoms with Crippen molar-refractivity contribution in [3.05, 3.63) is 59.7 Å². The van der Waals surface area contributed by atoms with Gasteiger partial charge in [0.2, 0.25) is 0 Å². The first kappa shape index (κ1) is 21.8. The van der Waals surface area contributed by atoms with Crippen molar-refractivity contribution in [1.29, 1.82) is 0 Å². The highest BCUT2D eigenvalue weighted by Gasteiger charge is 2.19. The van der Waals surface area contributed by atoms with Crippen LogP contribution in [0.1, 0.15) is 59.1 Å². The molecule has 152 valence electrons. The minimum absolute atomic E-state index is 0.0912. The van der Waals surface area contributed by atoms with E-state index >= 15 is 0 Å². The molecule has 0 aromatic heterocycles. The number of carbonyl (C=O) groups is 1. The number of amides is 1. The Balaban J connectivity index is 1.94. The molecule has 4 heteroatoms. The molecule has 0 radical (unpaired) electrons. The molecule has 0 aliphatic carbocycles. The van der Waals surface area contributed by atoms with Gasteiger partial charge < -0.3 is 14.8 Å². The van der Waals surface area contributed by atoms with E-state index in [2.05, 4.69) is 38.2 Å². The lowest BCUT2D eigenvalue weighted by molar-refractivity contribution is -0.128. The molecule has 0 aliphatic rings. The molecule has 4 nitrogen and oxygen atoms in total. The average Bonchev–Trinajstić information content (AvgIpc) is 2.63. The predicted molar refractivity (Wildman–Crippen MR) is 114 cm³/mol. The number of hydrogen-bond acceptors (Lipinski definition) is 3. The van der Waals surface area contributed by atoms with Gasteiger partial charge in [0.05, 0.1) is 6.10 Å². The summed E-state index contributed by atoms with van der Waals surface area (Å²) in [6.07, 6.45) is 0.201. The second-order valence-corrected chi connectivity index (χ2v) is 8.32. The zero-order valence-corrected chi connectivity index (χ0v) is 17.9. The van der Waals surface area contributed by atoms with Gasteiger partial charge in [0.15, 0.2) is 6.10 Å². The first-order chi connectivity index (χ1) is 13.2. The molecule has 0 saturated carbocycles. The van der Waals surface area contributed by atoms with Crippen LogP contribution in [0.4, 0.5) is 0 Å². The molecule has 2 aromatic rings. The Kier molecular flexibility index (Phi) is 7.50. The minimum Gasteiger partial charge on any atom is -0.491 e. The number of nitrogens with one attached hydrogen (secondary N) is 1. The van der Waals surface area contributed by atoms with Gasteiger partial charge in [0.25, 0.3) is 5.91 Å². The quantitative estimate of drug-likeness (QED) is 0.678. The lowest BCUT2D eigenvalue weighted by atomic mass is 9.87. The summed E-state index contributed by atoms with van der Waals surface area (Å²) < 4.78 is 11.6. The van der Waals surface area contributed by atoms with Gasteiger partial charge in [0, 0.05) is 6.54 Å². The molecule has 1 unspecified atom stereocenters. The van der Waals surface area contributed by atoms with E-state index in [0.29, 0.717) is 18.7 Å². The lowest BCUT2D eigenvalue weighted by Gasteiger charge is -2.21. The van der Waals surface area contributed by atoms with Gasteiger partial charge in [-0.25, -0.2) is 0 Å². The minimum atomic E-state index is -0.518. The maximum atomic E-state index is 12.6. The highest BCUT2D eigenvalue weighted by Crippen LogP contribution is 2.25. The van der Waals surface area contributed by atoms with Gasteiger partial charge in [-0.05, 0) is 61.1 Å². The van der Waals surface area contributed by atoms with Crippen LogP contribution >= 0.6 is 0 Å². The van der Waals surface area contributed by atoms with Gasteiger partial charge >= 0.3 is 0 Å². The Morgan fingerprint density at radius 2 is 1.68 bits per heavy atom. The van der Waals surface area contributed by atoms with E-state index in [4.69, 9.17) is 9.47 Å². The monoisotopic (exact) mass is 383 g/mol. The Labute approximate surface area is 169 Å². The fraction of sp³-hybridized carbons (Fsp3) is 0.458. The zero-order valence-electron chi connectivity index (χ0n) is 17.9.